The van der Waals surface area contributed by atoms with Crippen LogP contribution in [0.1, 0.15) is 18.2 Å². The third kappa shape index (κ3) is 6.31. The highest BCUT2D eigenvalue weighted by molar-refractivity contribution is 7.99. The van der Waals surface area contributed by atoms with Crippen LogP contribution in [-0.4, -0.2) is 29.3 Å². The van der Waals surface area contributed by atoms with Crippen molar-refractivity contribution in [1.82, 2.24) is 5.32 Å². The average Bonchev–Trinajstić information content (AvgIpc) is 2.75. The number of thiophene rings is 1. The van der Waals surface area contributed by atoms with Gasteiger partial charge in [0.05, 0.1) is 16.0 Å². The molecule has 0 bridgehead atoms. The molecule has 1 aromatic heterocycles. The van der Waals surface area contributed by atoms with Gasteiger partial charge in [-0.15, -0.1) is 23.1 Å². The summed E-state index contributed by atoms with van der Waals surface area (Å²) in [4.78, 5) is 23.4. The third-order valence-corrected chi connectivity index (χ3v) is 4.89. The molecular formula is C12H16ClNO3S2. The molecular weight excluding hydrogens is 306 g/mol. The number of hydrogen-bond acceptors (Lipinski definition) is 4. The van der Waals surface area contributed by atoms with Gasteiger partial charge < -0.3 is 10.4 Å². The topological polar surface area (TPSA) is 66.4 Å². The van der Waals surface area contributed by atoms with Crippen LogP contribution in [-0.2, 0) is 15.3 Å². The Labute approximate surface area is 125 Å². The van der Waals surface area contributed by atoms with Gasteiger partial charge in [-0.05, 0) is 18.6 Å². The van der Waals surface area contributed by atoms with Gasteiger partial charge in [-0.2, -0.15) is 0 Å². The minimum Gasteiger partial charge on any atom is -0.481 e. The van der Waals surface area contributed by atoms with Crippen LogP contribution in [0.15, 0.2) is 12.1 Å². The Hall–Kier alpha value is -0.720. The summed E-state index contributed by atoms with van der Waals surface area (Å²) >= 11 is 8.79. The van der Waals surface area contributed by atoms with Gasteiger partial charge in [-0.1, -0.05) is 18.5 Å². The Morgan fingerprint density at radius 1 is 1.53 bits per heavy atom. The maximum absolute atomic E-state index is 11.5. The Morgan fingerprint density at radius 3 is 2.79 bits per heavy atom. The van der Waals surface area contributed by atoms with E-state index < -0.39 is 11.9 Å². The second-order valence-corrected chi connectivity index (χ2v) is 6.73. The predicted octanol–water partition coefficient (Wildman–Crippen LogP) is 2.86. The van der Waals surface area contributed by atoms with Crippen LogP contribution in [0.2, 0.25) is 4.34 Å². The van der Waals surface area contributed by atoms with Gasteiger partial charge in [0.1, 0.15) is 0 Å². The zero-order chi connectivity index (χ0) is 14.3. The summed E-state index contributed by atoms with van der Waals surface area (Å²) in [6.45, 7) is 1.98. The van der Waals surface area contributed by atoms with Crippen LogP contribution in [0, 0.1) is 5.92 Å². The van der Waals surface area contributed by atoms with E-state index in [-0.39, 0.29) is 12.5 Å². The monoisotopic (exact) mass is 321 g/mol. The van der Waals surface area contributed by atoms with E-state index >= 15 is 0 Å². The molecule has 1 atom stereocenters. The molecule has 0 aliphatic rings. The molecule has 1 amide bonds. The summed E-state index contributed by atoms with van der Waals surface area (Å²) in [6.07, 6.45) is 0.510. The van der Waals surface area contributed by atoms with Gasteiger partial charge >= 0.3 is 5.97 Å². The van der Waals surface area contributed by atoms with Crippen molar-refractivity contribution in [3.8, 4) is 0 Å². The van der Waals surface area contributed by atoms with Gasteiger partial charge in [0.2, 0.25) is 5.91 Å². The number of rotatable bonds is 8. The summed E-state index contributed by atoms with van der Waals surface area (Å²) in [5.74, 6) is -0.451. The molecule has 0 fully saturated rings. The molecule has 0 radical (unpaired) electrons. The molecule has 19 heavy (non-hydrogen) atoms. The summed E-state index contributed by atoms with van der Waals surface area (Å²) in [6, 6.07) is 3.77. The van der Waals surface area contributed by atoms with Crippen LogP contribution >= 0.6 is 34.7 Å². The molecule has 0 saturated carbocycles. The Morgan fingerprint density at radius 2 is 2.26 bits per heavy atom. The van der Waals surface area contributed by atoms with E-state index in [0.29, 0.717) is 12.2 Å². The quantitative estimate of drug-likeness (QED) is 0.772. The van der Waals surface area contributed by atoms with E-state index in [9.17, 15) is 9.59 Å². The number of aliphatic carboxylic acids is 1. The van der Waals surface area contributed by atoms with Gasteiger partial charge in [-0.3, -0.25) is 9.59 Å². The van der Waals surface area contributed by atoms with E-state index in [1.54, 1.807) is 6.92 Å². The van der Waals surface area contributed by atoms with Crippen molar-refractivity contribution >= 4 is 46.6 Å². The smallest absolute Gasteiger partial charge is 0.308 e. The zero-order valence-electron chi connectivity index (χ0n) is 10.5. The number of halogens is 1. The average molecular weight is 322 g/mol. The molecule has 0 saturated heterocycles. The highest BCUT2D eigenvalue weighted by Gasteiger charge is 2.15. The van der Waals surface area contributed by atoms with Gasteiger partial charge in [0.15, 0.2) is 0 Å². The van der Waals surface area contributed by atoms with E-state index in [1.165, 1.54) is 23.1 Å². The number of nitrogens with one attached hydrogen (secondary N) is 1. The first-order chi connectivity index (χ1) is 9.02. The fourth-order valence-electron chi connectivity index (χ4n) is 1.37. The largest absolute Gasteiger partial charge is 0.481 e. The number of carbonyl (C=O) groups is 2. The number of carboxylic acid groups (broad SMARTS) is 1. The number of hydrogen-bond donors (Lipinski definition) is 2. The SMILES string of the molecule is CCC(CNC(=O)CSCc1ccc(Cl)s1)C(=O)O. The highest BCUT2D eigenvalue weighted by Crippen LogP contribution is 2.24. The van der Waals surface area contributed by atoms with Gasteiger partial charge in [-0.25, -0.2) is 0 Å². The number of thioether (sulfide) groups is 1. The summed E-state index contributed by atoms with van der Waals surface area (Å²) in [7, 11) is 0. The van der Waals surface area contributed by atoms with Crippen molar-refractivity contribution in [1.29, 1.82) is 0 Å². The van der Waals surface area contributed by atoms with E-state index in [4.69, 9.17) is 16.7 Å². The number of carboxylic acids is 1. The maximum atomic E-state index is 11.5. The first-order valence-electron chi connectivity index (χ1n) is 5.84. The van der Waals surface area contributed by atoms with Crippen molar-refractivity contribution in [2.45, 2.75) is 19.1 Å². The van der Waals surface area contributed by atoms with E-state index in [1.807, 2.05) is 12.1 Å². The molecule has 1 unspecified atom stereocenters. The number of amides is 1. The fraction of sp³-hybridized carbons (Fsp3) is 0.500. The van der Waals surface area contributed by atoms with Gasteiger partial charge in [0, 0.05) is 17.2 Å². The molecule has 1 aromatic rings. The Bertz CT molecular complexity index is 436. The minimum absolute atomic E-state index is 0.132. The van der Waals surface area contributed by atoms with Crippen molar-refractivity contribution < 1.29 is 14.7 Å². The first-order valence-corrected chi connectivity index (χ1v) is 8.19. The van der Waals surface area contributed by atoms with Gasteiger partial charge in [0.25, 0.3) is 0 Å². The fourth-order valence-corrected chi connectivity index (χ4v) is 3.42. The Balaban J connectivity index is 2.19. The van der Waals surface area contributed by atoms with Crippen molar-refractivity contribution in [3.63, 3.8) is 0 Å². The van der Waals surface area contributed by atoms with Crippen LogP contribution in [0.5, 0.6) is 0 Å². The lowest BCUT2D eigenvalue weighted by Gasteiger charge is -2.10. The predicted molar refractivity (Wildman–Crippen MR) is 79.9 cm³/mol. The number of carbonyl (C=O) groups excluding carboxylic acids is 1. The molecule has 0 aliphatic heterocycles. The van der Waals surface area contributed by atoms with Crippen LogP contribution < -0.4 is 5.32 Å². The summed E-state index contributed by atoms with van der Waals surface area (Å²) < 4.78 is 0.743. The molecule has 4 nitrogen and oxygen atoms in total. The van der Waals surface area contributed by atoms with Crippen LogP contribution in [0.4, 0.5) is 0 Å². The lowest BCUT2D eigenvalue weighted by molar-refractivity contribution is -0.141. The second-order valence-electron chi connectivity index (χ2n) is 3.95. The Kier molecular flexibility index (Phi) is 7.27. The van der Waals surface area contributed by atoms with Crippen molar-refractivity contribution in [2.75, 3.05) is 12.3 Å². The molecule has 2 N–H and O–H groups in total. The molecule has 106 valence electrons. The van der Waals surface area contributed by atoms with E-state index in [2.05, 4.69) is 5.32 Å². The van der Waals surface area contributed by atoms with Crippen LogP contribution in [0.25, 0.3) is 0 Å². The lowest BCUT2D eigenvalue weighted by Crippen LogP contribution is -2.33. The molecule has 7 heteroatoms. The molecule has 1 heterocycles. The minimum atomic E-state index is -0.872. The van der Waals surface area contributed by atoms with Crippen LogP contribution in [0.3, 0.4) is 0 Å². The highest BCUT2D eigenvalue weighted by atomic mass is 35.5. The van der Waals surface area contributed by atoms with Crippen molar-refractivity contribution in [2.24, 2.45) is 5.92 Å². The molecule has 0 spiro atoms. The van der Waals surface area contributed by atoms with E-state index in [0.717, 1.165) is 15.0 Å². The third-order valence-electron chi connectivity index (χ3n) is 2.49. The molecule has 1 rings (SSSR count). The lowest BCUT2D eigenvalue weighted by atomic mass is 10.1. The second kappa shape index (κ2) is 8.45. The molecule has 0 aliphatic carbocycles. The summed E-state index contributed by atoms with van der Waals surface area (Å²) in [5.41, 5.74) is 0. The van der Waals surface area contributed by atoms with Crippen molar-refractivity contribution in [3.05, 3.63) is 21.3 Å². The molecule has 0 aromatic carbocycles. The standard InChI is InChI=1S/C12H16ClNO3S2/c1-2-8(12(16)17)5-14-11(15)7-18-6-9-3-4-10(13)19-9/h3-4,8H,2,5-7H2,1H3,(H,14,15)(H,16,17). The summed E-state index contributed by atoms with van der Waals surface area (Å²) in [5, 5.41) is 11.5. The zero-order valence-corrected chi connectivity index (χ0v) is 12.9. The first kappa shape index (κ1) is 16.3. The maximum Gasteiger partial charge on any atom is 0.308 e. The normalized spacial score (nSPS) is 12.1.